The number of carbonyl (C=O) groups is 2. The van der Waals surface area contributed by atoms with Crippen LogP contribution in [0.5, 0.6) is 0 Å². The molecule has 4 heteroatoms. The van der Waals surface area contributed by atoms with Crippen LogP contribution in [0.2, 0.25) is 0 Å². The Bertz CT molecular complexity index is 314. The highest BCUT2D eigenvalue weighted by molar-refractivity contribution is 6.42. The second-order valence-electron chi connectivity index (χ2n) is 2.42. The fourth-order valence-corrected chi connectivity index (χ4v) is 0.767. The third kappa shape index (κ3) is 1.58. The fourth-order valence-electron chi connectivity index (χ4n) is 0.767. The molecular formula is C8H9NO3. The quantitative estimate of drug-likeness (QED) is 0.498. The lowest BCUT2D eigenvalue weighted by Crippen LogP contribution is -2.09. The number of aromatic nitrogens is 1. The molecule has 0 aliphatic carbocycles. The van der Waals surface area contributed by atoms with Crippen LogP contribution in [0.1, 0.15) is 30.1 Å². The van der Waals surface area contributed by atoms with Crippen LogP contribution in [-0.2, 0) is 11.2 Å². The molecular weight excluding hydrogens is 158 g/mol. The van der Waals surface area contributed by atoms with Crippen LogP contribution >= 0.6 is 0 Å². The lowest BCUT2D eigenvalue weighted by Gasteiger charge is -1.84. The van der Waals surface area contributed by atoms with Gasteiger partial charge in [-0.05, 0) is 0 Å². The van der Waals surface area contributed by atoms with Crippen LogP contribution in [0.3, 0.4) is 0 Å². The van der Waals surface area contributed by atoms with Gasteiger partial charge >= 0.3 is 0 Å². The smallest absolute Gasteiger partial charge is 0.250 e. The Kier molecular flexibility index (Phi) is 2.38. The van der Waals surface area contributed by atoms with Crippen molar-refractivity contribution in [1.82, 2.24) is 5.16 Å². The van der Waals surface area contributed by atoms with Crippen molar-refractivity contribution in [2.45, 2.75) is 20.3 Å². The Morgan fingerprint density at radius 3 is 2.67 bits per heavy atom. The number of rotatable bonds is 3. The normalized spacial score (nSPS) is 9.83. The highest BCUT2D eigenvalue weighted by Gasteiger charge is 2.15. The molecule has 0 radical (unpaired) electrons. The first-order valence-electron chi connectivity index (χ1n) is 3.66. The van der Waals surface area contributed by atoms with Gasteiger partial charge in [-0.15, -0.1) is 0 Å². The van der Waals surface area contributed by atoms with E-state index in [1.54, 1.807) is 0 Å². The van der Waals surface area contributed by atoms with Crippen LogP contribution in [0.15, 0.2) is 10.6 Å². The molecule has 0 saturated heterocycles. The minimum absolute atomic E-state index is 0.0966. The summed E-state index contributed by atoms with van der Waals surface area (Å²) in [6.07, 6.45) is 0.665. The summed E-state index contributed by atoms with van der Waals surface area (Å²) in [6.45, 7) is 3.09. The van der Waals surface area contributed by atoms with Crippen molar-refractivity contribution in [3.63, 3.8) is 0 Å². The van der Waals surface area contributed by atoms with Crippen LogP contribution < -0.4 is 0 Å². The van der Waals surface area contributed by atoms with E-state index in [0.29, 0.717) is 12.2 Å². The van der Waals surface area contributed by atoms with Crippen LogP contribution in [0.4, 0.5) is 0 Å². The third-order valence-electron chi connectivity index (χ3n) is 1.46. The maximum atomic E-state index is 11.0. The second-order valence-corrected chi connectivity index (χ2v) is 2.42. The zero-order valence-corrected chi connectivity index (χ0v) is 6.96. The van der Waals surface area contributed by atoms with E-state index in [2.05, 4.69) is 5.16 Å². The molecule has 0 saturated carbocycles. The number of ketones is 2. The van der Waals surface area contributed by atoms with Gasteiger partial charge < -0.3 is 4.52 Å². The Hall–Kier alpha value is -1.45. The summed E-state index contributed by atoms with van der Waals surface area (Å²) in [5, 5.41) is 3.46. The molecule has 1 aromatic heterocycles. The number of Topliss-reactive ketones (excluding diaryl/α,β-unsaturated/α-hetero) is 2. The molecule has 0 bridgehead atoms. The number of nitrogens with zero attached hydrogens (tertiary/aromatic N) is 1. The zero-order chi connectivity index (χ0) is 9.14. The summed E-state index contributed by atoms with van der Waals surface area (Å²) in [4.78, 5) is 21.6. The SMILES string of the molecule is CCc1cc(C(=O)C(C)=O)no1. The molecule has 1 aromatic rings. The number of hydrogen-bond donors (Lipinski definition) is 0. The third-order valence-corrected chi connectivity index (χ3v) is 1.46. The highest BCUT2D eigenvalue weighted by Crippen LogP contribution is 2.04. The standard InChI is InChI=1S/C8H9NO3/c1-3-6-4-7(9-12-6)8(11)5(2)10/h4H,3H2,1-2H3. The van der Waals surface area contributed by atoms with Gasteiger partial charge in [-0.2, -0.15) is 0 Å². The molecule has 0 unspecified atom stereocenters. The van der Waals surface area contributed by atoms with E-state index < -0.39 is 11.6 Å². The maximum Gasteiger partial charge on any atom is 0.250 e. The van der Waals surface area contributed by atoms with E-state index in [4.69, 9.17) is 4.52 Å². The first kappa shape index (κ1) is 8.64. The van der Waals surface area contributed by atoms with Crippen LogP contribution in [0.25, 0.3) is 0 Å². The van der Waals surface area contributed by atoms with Gasteiger partial charge in [0.1, 0.15) is 5.76 Å². The predicted octanol–water partition coefficient (Wildman–Crippen LogP) is 1.01. The van der Waals surface area contributed by atoms with Crippen LogP contribution in [-0.4, -0.2) is 16.7 Å². The summed E-state index contributed by atoms with van der Waals surface area (Å²) in [6, 6.07) is 1.49. The van der Waals surface area contributed by atoms with Gasteiger partial charge in [0.2, 0.25) is 11.6 Å². The van der Waals surface area contributed by atoms with Gasteiger partial charge in [0, 0.05) is 19.4 Å². The van der Waals surface area contributed by atoms with E-state index in [-0.39, 0.29) is 5.69 Å². The Labute approximate surface area is 69.5 Å². The van der Waals surface area contributed by atoms with Crippen molar-refractivity contribution in [2.24, 2.45) is 0 Å². The molecule has 0 aromatic carbocycles. The molecule has 12 heavy (non-hydrogen) atoms. The molecule has 0 spiro atoms. The average Bonchev–Trinajstić information content (AvgIpc) is 2.50. The molecule has 0 aliphatic rings. The van der Waals surface area contributed by atoms with Crippen molar-refractivity contribution in [1.29, 1.82) is 0 Å². The molecule has 4 nitrogen and oxygen atoms in total. The Morgan fingerprint density at radius 2 is 2.25 bits per heavy atom. The van der Waals surface area contributed by atoms with Crippen molar-refractivity contribution >= 4 is 11.6 Å². The van der Waals surface area contributed by atoms with E-state index in [9.17, 15) is 9.59 Å². The lowest BCUT2D eigenvalue weighted by atomic mass is 10.2. The van der Waals surface area contributed by atoms with Gasteiger partial charge in [0.25, 0.3) is 0 Å². The summed E-state index contributed by atoms with van der Waals surface area (Å²) in [5.41, 5.74) is 0.0966. The van der Waals surface area contributed by atoms with E-state index in [0.717, 1.165) is 0 Å². The topological polar surface area (TPSA) is 60.2 Å². The van der Waals surface area contributed by atoms with Crippen molar-refractivity contribution in [3.8, 4) is 0 Å². The number of aryl methyl sites for hydroxylation is 1. The molecule has 0 amide bonds. The molecule has 1 rings (SSSR count). The zero-order valence-electron chi connectivity index (χ0n) is 6.96. The second kappa shape index (κ2) is 3.30. The predicted molar refractivity (Wildman–Crippen MR) is 40.9 cm³/mol. The highest BCUT2D eigenvalue weighted by atomic mass is 16.5. The molecule has 0 fully saturated rings. The van der Waals surface area contributed by atoms with Crippen molar-refractivity contribution in [2.75, 3.05) is 0 Å². The Balaban J connectivity index is 2.89. The summed E-state index contributed by atoms with van der Waals surface area (Å²) >= 11 is 0. The lowest BCUT2D eigenvalue weighted by molar-refractivity contribution is -0.113. The van der Waals surface area contributed by atoms with E-state index in [1.807, 2.05) is 6.92 Å². The minimum atomic E-state index is -0.599. The molecule has 1 heterocycles. The number of hydrogen-bond acceptors (Lipinski definition) is 4. The largest absolute Gasteiger partial charge is 0.361 e. The minimum Gasteiger partial charge on any atom is -0.361 e. The van der Waals surface area contributed by atoms with E-state index >= 15 is 0 Å². The monoisotopic (exact) mass is 167 g/mol. The molecule has 64 valence electrons. The Morgan fingerprint density at radius 1 is 1.58 bits per heavy atom. The van der Waals surface area contributed by atoms with Gasteiger partial charge in [0.05, 0.1) is 0 Å². The molecule has 0 N–H and O–H groups in total. The van der Waals surface area contributed by atoms with Gasteiger partial charge in [0.15, 0.2) is 5.69 Å². The van der Waals surface area contributed by atoms with Crippen molar-refractivity contribution < 1.29 is 14.1 Å². The van der Waals surface area contributed by atoms with E-state index in [1.165, 1.54) is 13.0 Å². The first-order chi connectivity index (χ1) is 5.65. The molecule has 0 atom stereocenters. The van der Waals surface area contributed by atoms with Gasteiger partial charge in [-0.25, -0.2) is 0 Å². The van der Waals surface area contributed by atoms with Crippen molar-refractivity contribution in [3.05, 3.63) is 17.5 Å². The molecule has 0 aliphatic heterocycles. The average molecular weight is 167 g/mol. The fraction of sp³-hybridized carbons (Fsp3) is 0.375. The van der Waals surface area contributed by atoms with Gasteiger partial charge in [-0.1, -0.05) is 12.1 Å². The summed E-state index contributed by atoms with van der Waals surface area (Å²) < 4.78 is 4.76. The maximum absolute atomic E-state index is 11.0. The van der Waals surface area contributed by atoms with Crippen LogP contribution in [0, 0.1) is 0 Å². The van der Waals surface area contributed by atoms with Gasteiger partial charge in [-0.3, -0.25) is 9.59 Å². The summed E-state index contributed by atoms with van der Waals surface area (Å²) in [5.74, 6) is -0.510. The number of carbonyl (C=O) groups excluding carboxylic acids is 2. The first-order valence-corrected chi connectivity index (χ1v) is 3.66. The summed E-state index contributed by atoms with van der Waals surface area (Å²) in [7, 11) is 0.